The summed E-state index contributed by atoms with van der Waals surface area (Å²) in [6, 6.07) is 1.86. The second-order valence-electron chi connectivity index (χ2n) is 6.26. The van der Waals surface area contributed by atoms with Gasteiger partial charge in [-0.1, -0.05) is 0 Å². The molecule has 1 N–H and O–H groups in total. The number of nitrogens with zero attached hydrogens (tertiary/aromatic N) is 4. The highest BCUT2D eigenvalue weighted by atomic mass is 19.4. The quantitative estimate of drug-likeness (QED) is 0.892. The highest BCUT2D eigenvalue weighted by Crippen LogP contribution is 2.29. The van der Waals surface area contributed by atoms with Gasteiger partial charge < -0.3 is 10.2 Å². The van der Waals surface area contributed by atoms with Gasteiger partial charge in [0.1, 0.15) is 0 Å². The van der Waals surface area contributed by atoms with Crippen molar-refractivity contribution < 1.29 is 22.8 Å². The van der Waals surface area contributed by atoms with E-state index >= 15 is 0 Å². The molecule has 0 aromatic carbocycles. The maximum absolute atomic E-state index is 12.7. The molecule has 0 bridgehead atoms. The van der Waals surface area contributed by atoms with E-state index in [1.807, 2.05) is 0 Å². The largest absolute Gasteiger partial charge is 0.416 e. The van der Waals surface area contributed by atoms with Gasteiger partial charge in [0.2, 0.25) is 11.8 Å². The van der Waals surface area contributed by atoms with Gasteiger partial charge in [-0.05, 0) is 25.0 Å². The molecule has 2 aromatic heterocycles. The van der Waals surface area contributed by atoms with Gasteiger partial charge in [0.05, 0.1) is 12.1 Å². The van der Waals surface area contributed by atoms with Crippen LogP contribution >= 0.6 is 0 Å². The predicted molar refractivity (Wildman–Crippen MR) is 84.8 cm³/mol. The Kier molecular flexibility index (Phi) is 4.84. The molecule has 140 valence electrons. The highest BCUT2D eigenvalue weighted by molar-refractivity contribution is 5.79. The van der Waals surface area contributed by atoms with Crippen LogP contribution < -0.4 is 5.32 Å². The molecular formula is C16H18F3N5O2. The molecule has 0 unspecified atom stereocenters. The van der Waals surface area contributed by atoms with Crippen LogP contribution in [0, 0.1) is 5.92 Å². The second-order valence-corrected chi connectivity index (χ2v) is 6.26. The number of carbonyl (C=O) groups excluding carboxylic acids is 2. The van der Waals surface area contributed by atoms with Crippen molar-refractivity contribution in [2.75, 3.05) is 13.1 Å². The minimum absolute atomic E-state index is 0.00276. The van der Waals surface area contributed by atoms with E-state index in [4.69, 9.17) is 0 Å². The van der Waals surface area contributed by atoms with Crippen LogP contribution in [0.25, 0.3) is 5.65 Å². The molecule has 3 rings (SSSR count). The number of carbonyl (C=O) groups is 2. The standard InChI is InChI=1S/C16H18F3N5O2/c1-10(25)23-5-2-11(3-6-23)15(26)20-9-14-22-21-13-8-12(16(17,18)19)4-7-24(13)14/h4,7-8,11H,2-3,5-6,9H2,1H3,(H,20,26). The van der Waals surface area contributed by atoms with Crippen molar-refractivity contribution in [1.82, 2.24) is 24.8 Å². The molecule has 2 amide bonds. The van der Waals surface area contributed by atoms with Crippen molar-refractivity contribution in [3.05, 3.63) is 29.7 Å². The number of nitrogens with one attached hydrogen (secondary N) is 1. The molecule has 1 aliphatic heterocycles. The molecule has 0 atom stereocenters. The van der Waals surface area contributed by atoms with Gasteiger partial charge in [0.25, 0.3) is 0 Å². The average molecular weight is 369 g/mol. The van der Waals surface area contributed by atoms with Gasteiger partial charge >= 0.3 is 6.18 Å². The summed E-state index contributed by atoms with van der Waals surface area (Å²) < 4.78 is 39.6. The lowest BCUT2D eigenvalue weighted by Crippen LogP contribution is -2.42. The van der Waals surface area contributed by atoms with Crippen LogP contribution in [0.1, 0.15) is 31.2 Å². The molecule has 0 aliphatic carbocycles. The van der Waals surface area contributed by atoms with E-state index in [1.165, 1.54) is 17.5 Å². The number of halogens is 3. The third-order valence-corrected chi connectivity index (χ3v) is 4.54. The third-order valence-electron chi connectivity index (χ3n) is 4.54. The maximum Gasteiger partial charge on any atom is 0.416 e. The number of rotatable bonds is 3. The van der Waals surface area contributed by atoms with E-state index in [0.29, 0.717) is 31.8 Å². The molecule has 0 radical (unpaired) electrons. The molecule has 1 saturated heterocycles. The first-order chi connectivity index (χ1) is 12.3. The SMILES string of the molecule is CC(=O)N1CCC(C(=O)NCc2nnc3cc(C(F)(F)F)ccn23)CC1. The first-order valence-corrected chi connectivity index (χ1v) is 8.20. The summed E-state index contributed by atoms with van der Waals surface area (Å²) in [5.41, 5.74) is -0.732. The number of hydrogen-bond donors (Lipinski definition) is 1. The van der Waals surface area contributed by atoms with Crippen molar-refractivity contribution in [2.24, 2.45) is 5.92 Å². The predicted octanol–water partition coefficient (Wildman–Crippen LogP) is 1.62. The first-order valence-electron chi connectivity index (χ1n) is 8.20. The zero-order valence-corrected chi connectivity index (χ0v) is 14.1. The topological polar surface area (TPSA) is 79.6 Å². The summed E-state index contributed by atoms with van der Waals surface area (Å²) in [6.07, 6.45) is -2.04. The molecule has 0 spiro atoms. The number of piperidine rings is 1. The summed E-state index contributed by atoms with van der Waals surface area (Å²) in [6.45, 7) is 2.66. The fourth-order valence-corrected chi connectivity index (χ4v) is 3.00. The van der Waals surface area contributed by atoms with Crippen LogP contribution in [0.5, 0.6) is 0 Å². The smallest absolute Gasteiger partial charge is 0.349 e. The number of fused-ring (bicyclic) bond motifs is 1. The lowest BCUT2D eigenvalue weighted by Gasteiger charge is -2.30. The van der Waals surface area contributed by atoms with E-state index < -0.39 is 11.7 Å². The normalized spacial score (nSPS) is 16.1. The molecule has 7 nitrogen and oxygen atoms in total. The molecule has 10 heteroatoms. The van der Waals surface area contributed by atoms with Crippen molar-refractivity contribution in [3.63, 3.8) is 0 Å². The Morgan fingerprint density at radius 3 is 2.58 bits per heavy atom. The average Bonchev–Trinajstić information content (AvgIpc) is 3.01. The monoisotopic (exact) mass is 369 g/mol. The lowest BCUT2D eigenvalue weighted by atomic mass is 9.96. The van der Waals surface area contributed by atoms with Crippen molar-refractivity contribution in [2.45, 2.75) is 32.5 Å². The Morgan fingerprint density at radius 2 is 1.96 bits per heavy atom. The number of likely N-dealkylation sites (tertiary alicyclic amines) is 1. The van der Waals surface area contributed by atoms with Gasteiger partial charge in [0, 0.05) is 32.1 Å². The summed E-state index contributed by atoms with van der Waals surface area (Å²) >= 11 is 0. The third kappa shape index (κ3) is 3.78. The molecule has 26 heavy (non-hydrogen) atoms. The van der Waals surface area contributed by atoms with Crippen molar-refractivity contribution in [1.29, 1.82) is 0 Å². The van der Waals surface area contributed by atoms with Gasteiger partial charge in [0.15, 0.2) is 11.5 Å². The maximum atomic E-state index is 12.7. The molecule has 2 aromatic rings. The lowest BCUT2D eigenvalue weighted by molar-refractivity contribution is -0.137. The zero-order chi connectivity index (χ0) is 18.9. The number of aromatic nitrogens is 3. The van der Waals surface area contributed by atoms with E-state index in [1.54, 1.807) is 4.90 Å². The van der Waals surface area contributed by atoms with Crippen LogP contribution in [0.3, 0.4) is 0 Å². The van der Waals surface area contributed by atoms with Crippen LogP contribution in [0.15, 0.2) is 18.3 Å². The van der Waals surface area contributed by atoms with Gasteiger partial charge in [-0.2, -0.15) is 13.2 Å². The number of pyridine rings is 1. The fourth-order valence-electron chi connectivity index (χ4n) is 3.00. The first kappa shape index (κ1) is 18.2. The van der Waals surface area contributed by atoms with Crippen LogP contribution in [0.4, 0.5) is 13.2 Å². The van der Waals surface area contributed by atoms with Crippen LogP contribution in [-0.4, -0.2) is 44.4 Å². The van der Waals surface area contributed by atoms with E-state index in [2.05, 4.69) is 15.5 Å². The van der Waals surface area contributed by atoms with Gasteiger partial charge in [-0.25, -0.2) is 0 Å². The van der Waals surface area contributed by atoms with Gasteiger partial charge in [-0.15, -0.1) is 10.2 Å². The zero-order valence-electron chi connectivity index (χ0n) is 14.1. The highest BCUT2D eigenvalue weighted by Gasteiger charge is 2.31. The Morgan fingerprint density at radius 1 is 1.27 bits per heavy atom. The Hall–Kier alpha value is -2.65. The summed E-state index contributed by atoms with van der Waals surface area (Å²) in [5.74, 6) is -0.00116. The van der Waals surface area contributed by atoms with E-state index in [0.717, 1.165) is 12.1 Å². The van der Waals surface area contributed by atoms with E-state index in [9.17, 15) is 22.8 Å². The molecular weight excluding hydrogens is 351 g/mol. The molecule has 1 aliphatic rings. The summed E-state index contributed by atoms with van der Waals surface area (Å²) in [4.78, 5) is 25.3. The second kappa shape index (κ2) is 6.93. The fraction of sp³-hybridized carbons (Fsp3) is 0.500. The minimum Gasteiger partial charge on any atom is -0.349 e. The Bertz CT molecular complexity index is 825. The number of hydrogen-bond acceptors (Lipinski definition) is 4. The molecule has 3 heterocycles. The van der Waals surface area contributed by atoms with Gasteiger partial charge in [-0.3, -0.25) is 14.0 Å². The van der Waals surface area contributed by atoms with Crippen LogP contribution in [0.2, 0.25) is 0 Å². The minimum atomic E-state index is -4.45. The summed E-state index contributed by atoms with van der Waals surface area (Å²) in [7, 11) is 0. The van der Waals surface area contributed by atoms with E-state index in [-0.39, 0.29) is 29.9 Å². The summed E-state index contributed by atoms with van der Waals surface area (Å²) in [5, 5.41) is 10.3. The Balaban J connectivity index is 1.61. The van der Waals surface area contributed by atoms with Crippen molar-refractivity contribution in [3.8, 4) is 0 Å². The number of alkyl halides is 3. The van der Waals surface area contributed by atoms with Crippen molar-refractivity contribution >= 4 is 17.5 Å². The molecule has 1 fully saturated rings. The Labute approximate surface area is 147 Å². The van der Waals surface area contributed by atoms with Crippen LogP contribution in [-0.2, 0) is 22.3 Å². The molecule has 0 saturated carbocycles. The number of amides is 2.